The second-order valence-electron chi connectivity index (χ2n) is 3.15. The Morgan fingerprint density at radius 1 is 0.923 bits per heavy atom. The van der Waals surface area contributed by atoms with E-state index in [2.05, 4.69) is 12.1 Å². The molecule has 2 nitrogen and oxygen atoms in total. The molecule has 1 aliphatic rings. The first kappa shape index (κ1) is 7.41. The lowest BCUT2D eigenvalue weighted by atomic mass is 10.2. The first-order chi connectivity index (χ1) is 6.24. The van der Waals surface area contributed by atoms with Gasteiger partial charge in [-0.2, -0.15) is 0 Å². The van der Waals surface area contributed by atoms with Crippen molar-refractivity contribution in [1.82, 2.24) is 0 Å². The van der Waals surface area contributed by atoms with Gasteiger partial charge in [0.15, 0.2) is 0 Å². The van der Waals surface area contributed by atoms with Crippen LogP contribution in [0.5, 0.6) is 0 Å². The van der Waals surface area contributed by atoms with Gasteiger partial charge in [-0.05, 0) is 23.3 Å². The topological polar surface area (TPSA) is 52.0 Å². The Labute approximate surface area is 83.8 Å². The minimum atomic E-state index is 0.903. The lowest BCUT2D eigenvalue weighted by molar-refractivity contribution is 1.38. The van der Waals surface area contributed by atoms with Crippen molar-refractivity contribution >= 4 is 32.7 Å². The van der Waals surface area contributed by atoms with Gasteiger partial charge in [-0.15, -0.1) is 22.7 Å². The van der Waals surface area contributed by atoms with Crippen LogP contribution in [0.3, 0.4) is 0 Å². The standard InChI is InChI=1S/C9H8N2S2/c10-8-1-4-5-2-9(11)13-7(5)3-6(4)12-8/h1-2H,3,10-11H2. The first-order valence-electron chi connectivity index (χ1n) is 4.01. The summed E-state index contributed by atoms with van der Waals surface area (Å²) >= 11 is 3.38. The van der Waals surface area contributed by atoms with Crippen molar-refractivity contribution in [3.8, 4) is 11.1 Å². The predicted molar refractivity (Wildman–Crippen MR) is 59.3 cm³/mol. The van der Waals surface area contributed by atoms with Crippen molar-refractivity contribution in [3.05, 3.63) is 21.9 Å². The molecule has 0 aromatic carbocycles. The molecule has 0 saturated heterocycles. The third-order valence-corrected chi connectivity index (χ3v) is 4.20. The molecule has 0 saturated carbocycles. The van der Waals surface area contributed by atoms with Gasteiger partial charge in [0.2, 0.25) is 0 Å². The molecular weight excluding hydrogens is 200 g/mol. The summed E-state index contributed by atoms with van der Waals surface area (Å²) in [6.45, 7) is 0. The first-order valence-corrected chi connectivity index (χ1v) is 5.64. The molecule has 0 bridgehead atoms. The zero-order valence-corrected chi connectivity index (χ0v) is 8.47. The highest BCUT2D eigenvalue weighted by Crippen LogP contribution is 2.46. The SMILES string of the molecule is Nc1cc2c(s1)Cc1sc(N)cc1-2. The van der Waals surface area contributed by atoms with Crippen LogP contribution in [-0.2, 0) is 6.42 Å². The number of hydrogen-bond donors (Lipinski definition) is 2. The molecule has 13 heavy (non-hydrogen) atoms. The molecule has 0 unspecified atom stereocenters. The van der Waals surface area contributed by atoms with Crippen LogP contribution >= 0.6 is 22.7 Å². The molecule has 0 atom stereocenters. The van der Waals surface area contributed by atoms with E-state index in [4.69, 9.17) is 11.5 Å². The van der Waals surface area contributed by atoms with Crippen LogP contribution < -0.4 is 11.5 Å². The Morgan fingerprint density at radius 3 is 1.85 bits per heavy atom. The molecule has 2 heterocycles. The van der Waals surface area contributed by atoms with Gasteiger partial charge in [-0.3, -0.25) is 0 Å². The van der Waals surface area contributed by atoms with Gasteiger partial charge in [0.1, 0.15) is 0 Å². The highest BCUT2D eigenvalue weighted by molar-refractivity contribution is 7.18. The van der Waals surface area contributed by atoms with Crippen LogP contribution in [0, 0.1) is 0 Å². The van der Waals surface area contributed by atoms with Gasteiger partial charge in [0, 0.05) is 16.2 Å². The summed E-state index contributed by atoms with van der Waals surface area (Å²) in [6, 6.07) is 4.11. The van der Waals surface area contributed by atoms with Crippen LogP contribution in [0.25, 0.3) is 11.1 Å². The summed E-state index contributed by atoms with van der Waals surface area (Å²) in [7, 11) is 0. The Bertz CT molecular complexity index is 438. The summed E-state index contributed by atoms with van der Waals surface area (Å²) < 4.78 is 0. The fraction of sp³-hybridized carbons (Fsp3) is 0.111. The molecule has 1 aliphatic carbocycles. The number of anilines is 2. The van der Waals surface area contributed by atoms with Crippen LogP contribution in [0.4, 0.5) is 10.0 Å². The quantitative estimate of drug-likeness (QED) is 0.596. The highest BCUT2D eigenvalue weighted by Gasteiger charge is 2.23. The van der Waals surface area contributed by atoms with E-state index in [9.17, 15) is 0 Å². The largest absolute Gasteiger partial charge is 0.391 e. The Morgan fingerprint density at radius 2 is 1.38 bits per heavy atom. The maximum Gasteiger partial charge on any atom is 0.0865 e. The molecule has 2 aromatic heterocycles. The maximum absolute atomic E-state index is 5.74. The van der Waals surface area contributed by atoms with Gasteiger partial charge >= 0.3 is 0 Å². The van der Waals surface area contributed by atoms with Crippen LogP contribution in [0.15, 0.2) is 12.1 Å². The molecular formula is C9H8N2S2. The number of thiophene rings is 2. The van der Waals surface area contributed by atoms with Crippen molar-refractivity contribution in [3.63, 3.8) is 0 Å². The molecule has 2 aromatic rings. The smallest absolute Gasteiger partial charge is 0.0865 e. The van der Waals surface area contributed by atoms with Crippen molar-refractivity contribution in [2.24, 2.45) is 0 Å². The number of hydrogen-bond acceptors (Lipinski definition) is 4. The van der Waals surface area contributed by atoms with Crippen LogP contribution in [-0.4, -0.2) is 0 Å². The summed E-state index contributed by atoms with van der Waals surface area (Å²) in [5.74, 6) is 0. The minimum Gasteiger partial charge on any atom is -0.391 e. The van der Waals surface area contributed by atoms with Crippen molar-refractivity contribution < 1.29 is 0 Å². The monoisotopic (exact) mass is 208 g/mol. The normalized spacial score (nSPS) is 12.9. The second-order valence-corrected chi connectivity index (χ2v) is 5.48. The molecule has 66 valence electrons. The Kier molecular flexibility index (Phi) is 1.30. The van der Waals surface area contributed by atoms with Gasteiger partial charge in [0.25, 0.3) is 0 Å². The summed E-state index contributed by atoms with van der Waals surface area (Å²) in [5, 5.41) is 1.81. The lowest BCUT2D eigenvalue weighted by Crippen LogP contribution is -1.75. The number of nitrogen functional groups attached to an aromatic ring is 2. The van der Waals surface area contributed by atoms with E-state index < -0.39 is 0 Å². The van der Waals surface area contributed by atoms with E-state index in [-0.39, 0.29) is 0 Å². The van der Waals surface area contributed by atoms with Gasteiger partial charge in [-0.1, -0.05) is 0 Å². The third-order valence-electron chi connectivity index (χ3n) is 2.27. The van der Waals surface area contributed by atoms with E-state index in [1.807, 2.05) is 0 Å². The van der Waals surface area contributed by atoms with E-state index in [1.54, 1.807) is 22.7 Å². The Balaban J connectivity index is 2.28. The van der Waals surface area contributed by atoms with Crippen molar-refractivity contribution in [2.75, 3.05) is 11.5 Å². The van der Waals surface area contributed by atoms with Crippen molar-refractivity contribution in [2.45, 2.75) is 6.42 Å². The molecule has 3 rings (SSSR count). The van der Waals surface area contributed by atoms with E-state index >= 15 is 0 Å². The maximum atomic E-state index is 5.74. The van der Waals surface area contributed by atoms with Crippen LogP contribution in [0.2, 0.25) is 0 Å². The number of fused-ring (bicyclic) bond motifs is 3. The van der Waals surface area contributed by atoms with Gasteiger partial charge in [0.05, 0.1) is 10.0 Å². The lowest BCUT2D eigenvalue weighted by Gasteiger charge is -1.86. The molecule has 0 fully saturated rings. The molecule has 4 heteroatoms. The molecule has 0 spiro atoms. The molecule has 0 radical (unpaired) electrons. The average molecular weight is 208 g/mol. The third kappa shape index (κ3) is 0.927. The fourth-order valence-corrected chi connectivity index (χ4v) is 3.77. The highest BCUT2D eigenvalue weighted by atomic mass is 32.1. The molecule has 4 N–H and O–H groups in total. The molecule has 0 amide bonds. The van der Waals surface area contributed by atoms with Gasteiger partial charge in [-0.25, -0.2) is 0 Å². The summed E-state index contributed by atoms with van der Waals surface area (Å²) in [6.07, 6.45) is 1.02. The number of nitrogens with two attached hydrogens (primary N) is 2. The van der Waals surface area contributed by atoms with E-state index in [1.165, 1.54) is 20.9 Å². The number of rotatable bonds is 0. The fourth-order valence-electron chi connectivity index (χ4n) is 1.76. The zero-order chi connectivity index (χ0) is 9.00. The summed E-state index contributed by atoms with van der Waals surface area (Å²) in [4.78, 5) is 2.78. The van der Waals surface area contributed by atoms with E-state index in [0.717, 1.165) is 16.4 Å². The second kappa shape index (κ2) is 2.27. The average Bonchev–Trinajstić information content (AvgIpc) is 2.60. The predicted octanol–water partition coefficient (Wildman–Crippen LogP) is 2.55. The zero-order valence-electron chi connectivity index (χ0n) is 6.83. The molecule has 0 aliphatic heterocycles. The van der Waals surface area contributed by atoms with Crippen molar-refractivity contribution in [1.29, 1.82) is 0 Å². The van der Waals surface area contributed by atoms with Crippen LogP contribution in [0.1, 0.15) is 9.75 Å². The minimum absolute atomic E-state index is 0.903. The van der Waals surface area contributed by atoms with E-state index in [0.29, 0.717) is 0 Å². The Hall–Kier alpha value is -1.00. The summed E-state index contributed by atoms with van der Waals surface area (Å²) in [5.41, 5.74) is 14.1. The van der Waals surface area contributed by atoms with Gasteiger partial charge < -0.3 is 11.5 Å².